The lowest BCUT2D eigenvalue weighted by Crippen LogP contribution is -2.52. The number of aromatic nitrogens is 3. The summed E-state index contributed by atoms with van der Waals surface area (Å²) < 4.78 is 0. The van der Waals surface area contributed by atoms with Gasteiger partial charge in [0.05, 0.1) is 22.4 Å². The number of pyridine rings is 3. The highest BCUT2D eigenvalue weighted by Crippen LogP contribution is 2.27. The molecule has 3 aromatic heterocycles. The summed E-state index contributed by atoms with van der Waals surface area (Å²) >= 11 is 0. The molecule has 2 aliphatic heterocycles. The summed E-state index contributed by atoms with van der Waals surface area (Å²) in [6.07, 6.45) is 4.08. The fraction of sp³-hybridized carbons (Fsp3) is 0.250. The van der Waals surface area contributed by atoms with Gasteiger partial charge in [0.2, 0.25) is 5.96 Å². The van der Waals surface area contributed by atoms with Crippen LogP contribution in [0.5, 0.6) is 0 Å². The van der Waals surface area contributed by atoms with Crippen LogP contribution in [0.2, 0.25) is 0 Å². The molecule has 148 valence electrons. The molecule has 6 nitrogen and oxygen atoms in total. The summed E-state index contributed by atoms with van der Waals surface area (Å²) in [7, 11) is 0. The number of hydrogen-bond donors (Lipinski definition) is 0. The number of fused-ring (bicyclic) bond motifs is 4. The summed E-state index contributed by atoms with van der Waals surface area (Å²) in [6, 6.07) is 18.5. The van der Waals surface area contributed by atoms with E-state index >= 15 is 0 Å². The summed E-state index contributed by atoms with van der Waals surface area (Å²) in [5, 5.41) is 2.18. The standard InChI is InChI=1S/C24H22N6/c1-6-19(27-21(7-1)30-16-4-15-29-14-3-13-26-24(29)30)20-11-10-18-9-8-17-5-2-12-25-22(17)23(18)28-20/h1-2,5-12H,3-4,13-16H2. The van der Waals surface area contributed by atoms with Crippen LogP contribution in [0, 0.1) is 0 Å². The minimum absolute atomic E-state index is 0.863. The predicted molar refractivity (Wildman–Crippen MR) is 121 cm³/mol. The van der Waals surface area contributed by atoms with E-state index in [2.05, 4.69) is 51.2 Å². The largest absolute Gasteiger partial charge is 0.342 e. The van der Waals surface area contributed by atoms with E-state index in [9.17, 15) is 0 Å². The molecular weight excluding hydrogens is 372 g/mol. The molecule has 0 N–H and O–H groups in total. The van der Waals surface area contributed by atoms with Gasteiger partial charge in [-0.3, -0.25) is 14.9 Å². The fourth-order valence-electron chi connectivity index (χ4n) is 4.43. The van der Waals surface area contributed by atoms with Crippen molar-refractivity contribution in [1.82, 2.24) is 19.9 Å². The van der Waals surface area contributed by atoms with Crippen LogP contribution in [0.4, 0.5) is 5.82 Å². The maximum atomic E-state index is 4.98. The highest BCUT2D eigenvalue weighted by molar-refractivity contribution is 6.03. The van der Waals surface area contributed by atoms with Crippen LogP contribution in [0.1, 0.15) is 12.8 Å². The Labute approximate surface area is 174 Å². The third-order valence-electron chi connectivity index (χ3n) is 5.88. The van der Waals surface area contributed by atoms with Crippen molar-refractivity contribution in [2.24, 2.45) is 4.99 Å². The van der Waals surface area contributed by atoms with Crippen LogP contribution in [0.25, 0.3) is 33.2 Å². The van der Waals surface area contributed by atoms with Gasteiger partial charge < -0.3 is 4.90 Å². The normalized spacial score (nSPS) is 16.6. The van der Waals surface area contributed by atoms with Gasteiger partial charge in [-0.2, -0.15) is 0 Å². The van der Waals surface area contributed by atoms with Gasteiger partial charge in [0, 0.05) is 43.1 Å². The number of aliphatic imine (C=N–C) groups is 1. The van der Waals surface area contributed by atoms with Crippen molar-refractivity contribution >= 4 is 33.6 Å². The molecule has 2 aliphatic rings. The SMILES string of the molecule is c1cc(-c2ccc3ccc4cccnc4c3n2)nc(N2CCCN3CCCN=C32)c1. The number of hydrogen-bond acceptors (Lipinski definition) is 6. The first-order valence-electron chi connectivity index (χ1n) is 10.6. The maximum Gasteiger partial charge on any atom is 0.202 e. The van der Waals surface area contributed by atoms with Crippen molar-refractivity contribution in [2.45, 2.75) is 12.8 Å². The highest BCUT2D eigenvalue weighted by atomic mass is 15.4. The van der Waals surface area contributed by atoms with Gasteiger partial charge in [-0.05, 0) is 37.1 Å². The Balaban J connectivity index is 1.43. The Morgan fingerprint density at radius 2 is 1.53 bits per heavy atom. The molecule has 30 heavy (non-hydrogen) atoms. The molecule has 0 bridgehead atoms. The maximum absolute atomic E-state index is 4.98. The molecule has 1 saturated heterocycles. The average molecular weight is 394 g/mol. The zero-order chi connectivity index (χ0) is 19.9. The first-order chi connectivity index (χ1) is 14.9. The lowest BCUT2D eigenvalue weighted by atomic mass is 10.1. The lowest BCUT2D eigenvalue weighted by Gasteiger charge is -2.40. The zero-order valence-electron chi connectivity index (χ0n) is 16.7. The summed E-state index contributed by atoms with van der Waals surface area (Å²) in [6.45, 7) is 4.02. The third-order valence-corrected chi connectivity index (χ3v) is 5.88. The van der Waals surface area contributed by atoms with Gasteiger partial charge in [0.15, 0.2) is 0 Å². The number of rotatable bonds is 2. The Morgan fingerprint density at radius 3 is 2.50 bits per heavy atom. The zero-order valence-corrected chi connectivity index (χ0v) is 16.7. The number of benzene rings is 1. The van der Waals surface area contributed by atoms with Gasteiger partial charge >= 0.3 is 0 Å². The van der Waals surface area contributed by atoms with E-state index < -0.39 is 0 Å². The predicted octanol–water partition coefficient (Wildman–Crippen LogP) is 4.12. The molecule has 0 aliphatic carbocycles. The van der Waals surface area contributed by atoms with Crippen LogP contribution in [0.3, 0.4) is 0 Å². The van der Waals surface area contributed by atoms with Crippen molar-refractivity contribution < 1.29 is 0 Å². The first-order valence-corrected chi connectivity index (χ1v) is 10.6. The molecule has 1 fully saturated rings. The molecule has 0 radical (unpaired) electrons. The number of nitrogens with zero attached hydrogens (tertiary/aromatic N) is 6. The first kappa shape index (κ1) is 17.3. The third kappa shape index (κ3) is 2.87. The average Bonchev–Trinajstić information content (AvgIpc) is 2.83. The summed E-state index contributed by atoms with van der Waals surface area (Å²) in [4.78, 5) is 23.9. The molecule has 5 heterocycles. The van der Waals surface area contributed by atoms with Crippen molar-refractivity contribution in [2.75, 3.05) is 31.1 Å². The molecule has 0 amide bonds. The monoisotopic (exact) mass is 394 g/mol. The minimum atomic E-state index is 0.863. The van der Waals surface area contributed by atoms with Crippen molar-refractivity contribution in [3.63, 3.8) is 0 Å². The molecule has 4 aromatic rings. The van der Waals surface area contributed by atoms with Crippen LogP contribution in [-0.4, -0.2) is 52.0 Å². The van der Waals surface area contributed by atoms with Gasteiger partial charge in [-0.15, -0.1) is 0 Å². The molecule has 0 unspecified atom stereocenters. The van der Waals surface area contributed by atoms with Crippen molar-refractivity contribution in [3.05, 3.63) is 60.8 Å². The molecule has 0 atom stereocenters. The van der Waals surface area contributed by atoms with E-state index in [0.29, 0.717) is 0 Å². The number of guanidine groups is 1. The summed E-state index contributed by atoms with van der Waals surface area (Å²) in [5.74, 6) is 2.01. The smallest absolute Gasteiger partial charge is 0.202 e. The van der Waals surface area contributed by atoms with Gasteiger partial charge in [-0.1, -0.05) is 30.3 Å². The van der Waals surface area contributed by atoms with Gasteiger partial charge in [0.1, 0.15) is 5.82 Å². The Hall–Kier alpha value is -3.54. The molecule has 0 saturated carbocycles. The molecule has 6 rings (SSSR count). The minimum Gasteiger partial charge on any atom is -0.342 e. The van der Waals surface area contributed by atoms with Crippen LogP contribution in [-0.2, 0) is 0 Å². The fourth-order valence-corrected chi connectivity index (χ4v) is 4.43. The second-order valence-corrected chi connectivity index (χ2v) is 7.82. The van der Waals surface area contributed by atoms with E-state index in [1.807, 2.05) is 24.4 Å². The molecule has 6 heteroatoms. The molecule has 1 aromatic carbocycles. The van der Waals surface area contributed by atoms with Crippen LogP contribution >= 0.6 is 0 Å². The second-order valence-electron chi connectivity index (χ2n) is 7.82. The van der Waals surface area contributed by atoms with E-state index in [0.717, 1.165) is 84.0 Å². The number of anilines is 1. The topological polar surface area (TPSA) is 57.5 Å². The Morgan fingerprint density at radius 1 is 0.700 bits per heavy atom. The highest BCUT2D eigenvalue weighted by Gasteiger charge is 2.27. The molecule has 0 spiro atoms. The van der Waals surface area contributed by atoms with E-state index in [-0.39, 0.29) is 0 Å². The second kappa shape index (κ2) is 7.06. The lowest BCUT2D eigenvalue weighted by molar-refractivity contribution is 0.359. The van der Waals surface area contributed by atoms with Crippen LogP contribution in [0.15, 0.2) is 65.8 Å². The Kier molecular flexibility index (Phi) is 4.08. The summed E-state index contributed by atoms with van der Waals surface area (Å²) in [5.41, 5.74) is 3.58. The van der Waals surface area contributed by atoms with Crippen LogP contribution < -0.4 is 4.90 Å². The van der Waals surface area contributed by atoms with Crippen molar-refractivity contribution in [1.29, 1.82) is 0 Å². The van der Waals surface area contributed by atoms with E-state index in [4.69, 9.17) is 15.0 Å². The Bertz CT molecular complexity index is 1280. The van der Waals surface area contributed by atoms with Crippen molar-refractivity contribution in [3.8, 4) is 11.4 Å². The molecular formula is C24H22N6. The van der Waals surface area contributed by atoms with Gasteiger partial charge in [-0.25, -0.2) is 9.97 Å². The van der Waals surface area contributed by atoms with Gasteiger partial charge in [0.25, 0.3) is 0 Å². The van der Waals surface area contributed by atoms with E-state index in [1.165, 1.54) is 0 Å². The van der Waals surface area contributed by atoms with E-state index in [1.54, 1.807) is 0 Å². The quantitative estimate of drug-likeness (QED) is 0.479.